The van der Waals surface area contributed by atoms with Gasteiger partial charge in [-0.05, 0) is 6.07 Å². The fourth-order valence-corrected chi connectivity index (χ4v) is 1.19. The van der Waals surface area contributed by atoms with E-state index in [0.717, 1.165) is 0 Å². The van der Waals surface area contributed by atoms with Crippen LogP contribution >= 0.6 is 11.6 Å². The normalized spacial score (nSPS) is 9.06. The average molecular weight is 240 g/mol. The molecule has 0 aromatic heterocycles. The molecular weight excluding hydrogens is 234 g/mol. The Bertz CT molecular complexity index is 469. The molecular formula is C10H6ClNO4. The highest BCUT2D eigenvalue weighted by Crippen LogP contribution is 2.21. The maximum absolute atomic E-state index is 10.8. The number of hydrogen-bond donors (Lipinski definition) is 1. The minimum absolute atomic E-state index is 0.0227. The highest BCUT2D eigenvalue weighted by molar-refractivity contribution is 6.19. The van der Waals surface area contributed by atoms with Crippen LogP contribution in [-0.2, 0) is 0 Å². The molecule has 0 spiro atoms. The molecule has 0 aliphatic rings. The molecule has 1 rings (SSSR count). The molecule has 0 saturated heterocycles. The zero-order valence-corrected chi connectivity index (χ0v) is 8.69. The van der Waals surface area contributed by atoms with Crippen LogP contribution in [0.15, 0.2) is 18.2 Å². The lowest BCUT2D eigenvalue weighted by Gasteiger charge is -1.99. The maximum atomic E-state index is 10.8. The second kappa shape index (κ2) is 5.14. The topological polar surface area (TPSA) is 80.4 Å². The molecule has 0 aliphatic carbocycles. The number of rotatable bonds is 2. The number of carboxylic acid groups (broad SMARTS) is 1. The van der Waals surface area contributed by atoms with Crippen molar-refractivity contribution in [2.45, 2.75) is 0 Å². The minimum atomic E-state index is -1.26. The third-order valence-electron chi connectivity index (χ3n) is 1.75. The second-order valence-electron chi connectivity index (χ2n) is 2.70. The van der Waals surface area contributed by atoms with Crippen molar-refractivity contribution in [3.63, 3.8) is 0 Å². The van der Waals surface area contributed by atoms with E-state index in [4.69, 9.17) is 16.7 Å². The van der Waals surface area contributed by atoms with Gasteiger partial charge in [-0.1, -0.05) is 17.9 Å². The molecule has 0 bridgehead atoms. The van der Waals surface area contributed by atoms with Crippen molar-refractivity contribution in [2.24, 2.45) is 0 Å². The summed E-state index contributed by atoms with van der Waals surface area (Å²) in [5.41, 5.74) is -0.662. The summed E-state index contributed by atoms with van der Waals surface area (Å²) in [7, 11) is 0. The Morgan fingerprint density at radius 2 is 2.25 bits per heavy atom. The lowest BCUT2D eigenvalue weighted by Crippen LogP contribution is -2.03. The van der Waals surface area contributed by atoms with Gasteiger partial charge in [0.15, 0.2) is 0 Å². The first kappa shape index (κ1) is 12.0. The number of carbonyl (C=O) groups is 1. The summed E-state index contributed by atoms with van der Waals surface area (Å²) < 4.78 is 0. The number of alkyl halides is 1. The quantitative estimate of drug-likeness (QED) is 0.370. The number of aromatic carboxylic acids is 1. The molecule has 0 aliphatic heterocycles. The zero-order valence-electron chi connectivity index (χ0n) is 7.94. The van der Waals surface area contributed by atoms with E-state index in [2.05, 4.69) is 11.8 Å². The Balaban J connectivity index is 3.46. The van der Waals surface area contributed by atoms with E-state index in [1.807, 2.05) is 0 Å². The third kappa shape index (κ3) is 2.49. The maximum Gasteiger partial charge on any atom is 0.337 e. The van der Waals surface area contributed by atoms with Gasteiger partial charge < -0.3 is 5.11 Å². The minimum Gasteiger partial charge on any atom is -0.478 e. The Morgan fingerprint density at radius 1 is 1.56 bits per heavy atom. The predicted octanol–water partition coefficient (Wildman–Crippen LogP) is 1.88. The molecule has 0 fully saturated rings. The van der Waals surface area contributed by atoms with Crippen molar-refractivity contribution in [1.29, 1.82) is 0 Å². The fraction of sp³-hybridized carbons (Fsp3) is 0.100. The van der Waals surface area contributed by atoms with Gasteiger partial charge in [-0.25, -0.2) is 4.79 Å². The molecule has 5 nitrogen and oxygen atoms in total. The standard InChI is InChI=1S/C10H6ClNO4/c11-6-2-4-7-8(10(13)14)3-1-5-9(7)12(15)16/h1,3,5H,6H2,(H,13,14). The van der Waals surface area contributed by atoms with Crippen molar-refractivity contribution in [1.82, 2.24) is 0 Å². The van der Waals surface area contributed by atoms with Crippen LogP contribution < -0.4 is 0 Å². The van der Waals surface area contributed by atoms with Gasteiger partial charge >= 0.3 is 5.97 Å². The molecule has 16 heavy (non-hydrogen) atoms. The zero-order chi connectivity index (χ0) is 12.1. The van der Waals surface area contributed by atoms with Gasteiger partial charge in [-0.3, -0.25) is 10.1 Å². The Hall–Kier alpha value is -2.06. The molecule has 0 amide bonds. The monoisotopic (exact) mass is 239 g/mol. The van der Waals surface area contributed by atoms with Crippen LogP contribution in [0.25, 0.3) is 0 Å². The molecule has 0 saturated carbocycles. The fourth-order valence-electron chi connectivity index (χ4n) is 1.12. The Morgan fingerprint density at radius 3 is 2.75 bits per heavy atom. The van der Waals surface area contributed by atoms with Crippen LogP contribution in [0, 0.1) is 22.0 Å². The van der Waals surface area contributed by atoms with Gasteiger partial charge in [0.25, 0.3) is 5.69 Å². The van der Waals surface area contributed by atoms with E-state index in [0.29, 0.717) is 0 Å². The first-order valence-electron chi connectivity index (χ1n) is 4.13. The van der Waals surface area contributed by atoms with Gasteiger partial charge in [0.05, 0.1) is 16.4 Å². The van der Waals surface area contributed by atoms with E-state index in [1.54, 1.807) is 0 Å². The van der Waals surface area contributed by atoms with E-state index < -0.39 is 10.9 Å². The summed E-state index contributed by atoms with van der Waals surface area (Å²) in [5, 5.41) is 19.5. The molecule has 6 heteroatoms. The average Bonchev–Trinajstić information content (AvgIpc) is 2.25. The number of hydrogen-bond acceptors (Lipinski definition) is 3. The van der Waals surface area contributed by atoms with Gasteiger partial charge in [-0.2, -0.15) is 0 Å². The summed E-state index contributed by atoms with van der Waals surface area (Å²) in [4.78, 5) is 20.8. The van der Waals surface area contributed by atoms with Crippen molar-refractivity contribution >= 4 is 23.3 Å². The van der Waals surface area contributed by atoms with Crippen LogP contribution in [-0.4, -0.2) is 21.9 Å². The number of nitro groups is 1. The van der Waals surface area contributed by atoms with Gasteiger partial charge in [0.2, 0.25) is 0 Å². The number of nitrogens with zero attached hydrogens (tertiary/aromatic N) is 1. The lowest BCUT2D eigenvalue weighted by molar-refractivity contribution is -0.385. The third-order valence-corrected chi connectivity index (χ3v) is 1.88. The lowest BCUT2D eigenvalue weighted by atomic mass is 10.1. The predicted molar refractivity (Wildman–Crippen MR) is 57.7 cm³/mol. The van der Waals surface area contributed by atoms with E-state index in [9.17, 15) is 14.9 Å². The first-order chi connectivity index (χ1) is 7.57. The van der Waals surface area contributed by atoms with Crippen molar-refractivity contribution in [3.8, 4) is 11.8 Å². The molecule has 0 radical (unpaired) electrons. The van der Waals surface area contributed by atoms with Crippen molar-refractivity contribution in [2.75, 3.05) is 5.88 Å². The van der Waals surface area contributed by atoms with E-state index in [1.165, 1.54) is 18.2 Å². The molecule has 1 aromatic carbocycles. The van der Waals surface area contributed by atoms with Crippen LogP contribution in [0.4, 0.5) is 5.69 Å². The molecule has 1 N–H and O–H groups in total. The van der Waals surface area contributed by atoms with E-state index >= 15 is 0 Å². The Kier molecular flexibility index (Phi) is 3.86. The molecule has 0 unspecified atom stereocenters. The highest BCUT2D eigenvalue weighted by Gasteiger charge is 2.19. The number of halogens is 1. The first-order valence-corrected chi connectivity index (χ1v) is 4.67. The van der Waals surface area contributed by atoms with Gasteiger partial charge in [0, 0.05) is 6.07 Å². The largest absolute Gasteiger partial charge is 0.478 e. The second-order valence-corrected chi connectivity index (χ2v) is 2.96. The van der Waals surface area contributed by atoms with Gasteiger partial charge in [0.1, 0.15) is 5.56 Å². The summed E-state index contributed by atoms with van der Waals surface area (Å²) in [6.07, 6.45) is 0. The van der Waals surface area contributed by atoms with Crippen LogP contribution in [0.5, 0.6) is 0 Å². The molecule has 0 heterocycles. The van der Waals surface area contributed by atoms with Crippen molar-refractivity contribution in [3.05, 3.63) is 39.4 Å². The molecule has 82 valence electrons. The van der Waals surface area contributed by atoms with Crippen LogP contribution in [0.2, 0.25) is 0 Å². The summed E-state index contributed by atoms with van der Waals surface area (Å²) in [6.45, 7) is 0. The number of benzene rings is 1. The summed E-state index contributed by atoms with van der Waals surface area (Å²) >= 11 is 5.32. The van der Waals surface area contributed by atoms with Gasteiger partial charge in [-0.15, -0.1) is 11.6 Å². The molecule has 0 atom stereocenters. The van der Waals surface area contributed by atoms with Crippen LogP contribution in [0.1, 0.15) is 15.9 Å². The summed E-state index contributed by atoms with van der Waals surface area (Å²) in [5.74, 6) is 3.51. The highest BCUT2D eigenvalue weighted by atomic mass is 35.5. The SMILES string of the molecule is O=C(O)c1cccc([N+](=O)[O-])c1C#CCCl. The van der Waals surface area contributed by atoms with Crippen molar-refractivity contribution < 1.29 is 14.8 Å². The van der Waals surface area contributed by atoms with Crippen LogP contribution in [0.3, 0.4) is 0 Å². The number of carboxylic acids is 1. The Labute approximate surface area is 95.8 Å². The van der Waals surface area contributed by atoms with E-state index in [-0.39, 0.29) is 22.7 Å². The number of nitro benzene ring substituents is 1. The smallest absolute Gasteiger partial charge is 0.337 e. The molecule has 1 aromatic rings. The summed E-state index contributed by atoms with van der Waals surface area (Å²) in [6, 6.07) is 3.76.